The predicted molar refractivity (Wildman–Crippen MR) is 89.4 cm³/mol. The largest absolute Gasteiger partial charge is 0.481 e. The molecule has 0 bridgehead atoms. The molecule has 2 fully saturated rings. The van der Waals surface area contributed by atoms with Gasteiger partial charge in [-0.1, -0.05) is 0 Å². The minimum absolute atomic E-state index is 0.00983. The van der Waals surface area contributed by atoms with Crippen LogP contribution >= 0.6 is 0 Å². The molecule has 2 aromatic rings. The molecular weight excluding hydrogens is 320 g/mol. The Kier molecular flexibility index (Phi) is 3.59. The van der Waals surface area contributed by atoms with Crippen molar-refractivity contribution >= 4 is 11.9 Å². The first kappa shape index (κ1) is 15.8. The average molecular weight is 340 g/mol. The molecule has 1 saturated heterocycles. The molecular formula is C18H20N4O3. The van der Waals surface area contributed by atoms with Gasteiger partial charge >= 0.3 is 5.97 Å². The summed E-state index contributed by atoms with van der Waals surface area (Å²) in [5.74, 6) is -0.899. The Morgan fingerprint density at radius 3 is 2.60 bits per heavy atom. The van der Waals surface area contributed by atoms with E-state index in [0.717, 1.165) is 30.5 Å². The van der Waals surface area contributed by atoms with E-state index in [1.807, 2.05) is 30.0 Å². The second-order valence-electron chi connectivity index (χ2n) is 7.09. The number of hydrogen-bond donors (Lipinski definition) is 1. The fraction of sp³-hybridized carbons (Fsp3) is 0.444. The maximum atomic E-state index is 12.8. The van der Waals surface area contributed by atoms with E-state index >= 15 is 0 Å². The Morgan fingerprint density at radius 1 is 1.28 bits per heavy atom. The lowest BCUT2D eigenvalue weighted by molar-refractivity contribution is -0.139. The quantitative estimate of drug-likeness (QED) is 0.922. The van der Waals surface area contributed by atoms with Crippen LogP contribution in [0.15, 0.2) is 30.9 Å². The van der Waals surface area contributed by atoms with Crippen molar-refractivity contribution in [1.29, 1.82) is 0 Å². The molecule has 1 aliphatic heterocycles. The molecule has 1 atom stereocenters. The zero-order chi connectivity index (χ0) is 17.6. The Hall–Kier alpha value is -2.70. The van der Waals surface area contributed by atoms with Gasteiger partial charge in [0.1, 0.15) is 12.7 Å². The minimum Gasteiger partial charge on any atom is -0.481 e. The van der Waals surface area contributed by atoms with Gasteiger partial charge in [0.05, 0.1) is 11.6 Å². The highest BCUT2D eigenvalue weighted by atomic mass is 16.4. The topological polar surface area (TPSA) is 88.3 Å². The molecule has 1 aromatic heterocycles. The summed E-state index contributed by atoms with van der Waals surface area (Å²) in [6.45, 7) is 3.21. The number of nitrogens with zero attached hydrogens (tertiary/aromatic N) is 4. The first-order valence-corrected chi connectivity index (χ1v) is 8.48. The lowest BCUT2D eigenvalue weighted by Gasteiger charge is -2.32. The predicted octanol–water partition coefficient (Wildman–Crippen LogP) is 1.90. The van der Waals surface area contributed by atoms with Crippen molar-refractivity contribution in [1.82, 2.24) is 19.7 Å². The molecule has 1 amide bonds. The van der Waals surface area contributed by atoms with E-state index in [2.05, 4.69) is 10.1 Å². The molecule has 0 radical (unpaired) electrons. The lowest BCUT2D eigenvalue weighted by atomic mass is 9.90. The van der Waals surface area contributed by atoms with E-state index < -0.39 is 5.97 Å². The second kappa shape index (κ2) is 5.68. The van der Waals surface area contributed by atoms with Gasteiger partial charge in [-0.05, 0) is 55.4 Å². The molecule has 25 heavy (non-hydrogen) atoms. The normalized spacial score (nSPS) is 21.3. The zero-order valence-electron chi connectivity index (χ0n) is 14.1. The van der Waals surface area contributed by atoms with Crippen LogP contribution in [0.2, 0.25) is 0 Å². The first-order chi connectivity index (χ1) is 12.0. The monoisotopic (exact) mass is 340 g/mol. The molecule has 1 aromatic carbocycles. The average Bonchev–Trinajstić information content (AvgIpc) is 3.05. The number of hydrogen-bond acceptors (Lipinski definition) is 4. The van der Waals surface area contributed by atoms with Gasteiger partial charge in [0.25, 0.3) is 5.91 Å². The Bertz CT molecular complexity index is 823. The Labute approximate surface area is 145 Å². The summed E-state index contributed by atoms with van der Waals surface area (Å²) >= 11 is 0. The third-order valence-corrected chi connectivity index (χ3v) is 5.64. The summed E-state index contributed by atoms with van der Waals surface area (Å²) in [6.07, 6.45) is 5.43. The number of likely N-dealkylation sites (tertiary alicyclic amines) is 1. The number of rotatable bonds is 3. The van der Waals surface area contributed by atoms with Crippen LogP contribution in [0.5, 0.6) is 0 Å². The van der Waals surface area contributed by atoms with Crippen molar-refractivity contribution in [3.8, 4) is 5.69 Å². The minimum atomic E-state index is -0.695. The van der Waals surface area contributed by atoms with Crippen LogP contribution in [0.1, 0.15) is 35.2 Å². The third-order valence-electron chi connectivity index (χ3n) is 5.64. The van der Waals surface area contributed by atoms with Crippen LogP contribution in [0.25, 0.3) is 5.69 Å². The van der Waals surface area contributed by atoms with E-state index in [0.29, 0.717) is 18.7 Å². The van der Waals surface area contributed by atoms with Crippen LogP contribution in [0.4, 0.5) is 0 Å². The van der Waals surface area contributed by atoms with Crippen LogP contribution in [0, 0.1) is 18.3 Å². The van der Waals surface area contributed by atoms with Gasteiger partial charge < -0.3 is 10.0 Å². The van der Waals surface area contributed by atoms with Gasteiger partial charge in [-0.15, -0.1) is 0 Å². The maximum Gasteiger partial charge on any atom is 0.307 e. The van der Waals surface area contributed by atoms with Crippen molar-refractivity contribution in [3.05, 3.63) is 42.0 Å². The fourth-order valence-electron chi connectivity index (χ4n) is 3.97. The van der Waals surface area contributed by atoms with Crippen molar-refractivity contribution in [2.24, 2.45) is 11.3 Å². The number of carboxylic acid groups (broad SMARTS) is 1. The van der Waals surface area contributed by atoms with Gasteiger partial charge in [0, 0.05) is 18.7 Å². The molecule has 4 rings (SSSR count). The number of aromatic nitrogens is 3. The molecule has 2 heterocycles. The highest BCUT2D eigenvalue weighted by Gasteiger charge is 2.59. The maximum absolute atomic E-state index is 12.8. The summed E-state index contributed by atoms with van der Waals surface area (Å²) < 4.78 is 1.67. The van der Waals surface area contributed by atoms with Gasteiger partial charge in [0.2, 0.25) is 0 Å². The molecule has 130 valence electrons. The van der Waals surface area contributed by atoms with E-state index in [1.165, 1.54) is 6.33 Å². The Balaban J connectivity index is 1.45. The number of aliphatic carboxylic acids is 1. The highest BCUT2D eigenvalue weighted by molar-refractivity contribution is 5.94. The fourth-order valence-corrected chi connectivity index (χ4v) is 3.97. The molecule has 2 aliphatic rings. The van der Waals surface area contributed by atoms with E-state index in [4.69, 9.17) is 5.11 Å². The van der Waals surface area contributed by atoms with Gasteiger partial charge in [-0.25, -0.2) is 9.67 Å². The number of carboxylic acids is 1. The molecule has 7 nitrogen and oxygen atoms in total. The molecule has 7 heteroatoms. The summed E-state index contributed by atoms with van der Waals surface area (Å²) in [7, 11) is 0. The highest BCUT2D eigenvalue weighted by Crippen LogP contribution is 2.59. The third kappa shape index (κ3) is 2.69. The Morgan fingerprint density at radius 2 is 2.04 bits per heavy atom. The number of aryl methyl sites for hydroxylation is 1. The number of carbonyl (C=O) groups excluding carboxylic acids is 1. The van der Waals surface area contributed by atoms with Gasteiger partial charge in [0.15, 0.2) is 0 Å². The number of amides is 1. The molecule has 1 N–H and O–H groups in total. The molecule has 1 saturated carbocycles. The summed E-state index contributed by atoms with van der Waals surface area (Å²) in [5.41, 5.74) is 2.45. The van der Waals surface area contributed by atoms with Crippen molar-refractivity contribution in [2.75, 3.05) is 13.1 Å². The van der Waals surface area contributed by atoms with Crippen LogP contribution in [-0.4, -0.2) is 49.7 Å². The number of piperidine rings is 1. The summed E-state index contributed by atoms with van der Waals surface area (Å²) in [6, 6.07) is 5.57. The van der Waals surface area contributed by atoms with Crippen LogP contribution < -0.4 is 0 Å². The molecule has 1 aliphatic carbocycles. The smallest absolute Gasteiger partial charge is 0.307 e. The summed E-state index contributed by atoms with van der Waals surface area (Å²) in [4.78, 5) is 29.7. The number of benzene rings is 1. The van der Waals surface area contributed by atoms with Crippen molar-refractivity contribution < 1.29 is 14.7 Å². The van der Waals surface area contributed by atoms with Crippen molar-refractivity contribution in [2.45, 2.75) is 26.2 Å². The summed E-state index contributed by atoms with van der Waals surface area (Å²) in [5, 5.41) is 13.3. The second-order valence-corrected chi connectivity index (χ2v) is 7.09. The van der Waals surface area contributed by atoms with E-state index in [9.17, 15) is 9.59 Å². The van der Waals surface area contributed by atoms with Crippen molar-refractivity contribution in [3.63, 3.8) is 0 Å². The molecule has 1 unspecified atom stereocenters. The first-order valence-electron chi connectivity index (χ1n) is 8.48. The SMILES string of the molecule is Cc1cc(C(=O)N2CCC3(CC2)CC3C(=O)O)ccc1-n1cncn1. The van der Waals surface area contributed by atoms with E-state index in [-0.39, 0.29) is 17.2 Å². The molecule has 1 spiro atoms. The standard InChI is InChI=1S/C18H20N4O3/c1-12-8-13(2-3-15(12)22-11-19-10-20-22)16(23)21-6-4-18(5-7-21)9-14(18)17(24)25/h2-3,8,10-11,14H,4-7,9H2,1H3,(H,24,25). The zero-order valence-corrected chi connectivity index (χ0v) is 14.1. The lowest BCUT2D eigenvalue weighted by Crippen LogP contribution is -2.40. The van der Waals surface area contributed by atoms with Crippen LogP contribution in [0.3, 0.4) is 0 Å². The number of carbonyl (C=O) groups is 2. The van der Waals surface area contributed by atoms with Gasteiger partial charge in [-0.3, -0.25) is 9.59 Å². The van der Waals surface area contributed by atoms with Crippen LogP contribution in [-0.2, 0) is 4.79 Å². The van der Waals surface area contributed by atoms with E-state index in [1.54, 1.807) is 11.0 Å². The van der Waals surface area contributed by atoms with Gasteiger partial charge in [-0.2, -0.15) is 5.10 Å².